The summed E-state index contributed by atoms with van der Waals surface area (Å²) in [6.07, 6.45) is 3.62. The number of hydrazine groups is 2. The highest BCUT2D eigenvalue weighted by Crippen LogP contribution is 2.12. The summed E-state index contributed by atoms with van der Waals surface area (Å²) in [7, 11) is 0. The van der Waals surface area contributed by atoms with Crippen molar-refractivity contribution in [3.8, 4) is 0 Å². The highest BCUT2D eigenvalue weighted by Gasteiger charge is 2.19. The first-order chi connectivity index (χ1) is 6.61. The van der Waals surface area contributed by atoms with Crippen molar-refractivity contribution in [3.05, 3.63) is 0 Å². The van der Waals surface area contributed by atoms with E-state index in [1.165, 1.54) is 19.3 Å². The summed E-state index contributed by atoms with van der Waals surface area (Å²) in [4.78, 5) is 0. The molecule has 0 spiro atoms. The van der Waals surface area contributed by atoms with Crippen molar-refractivity contribution in [2.45, 2.75) is 19.3 Å². The first kappa shape index (κ1) is 12.5. The molecular formula is C7H13N3S4. The molecule has 0 aliphatic carbocycles. The zero-order valence-electron chi connectivity index (χ0n) is 7.64. The van der Waals surface area contributed by atoms with Gasteiger partial charge in [-0.1, -0.05) is 18.6 Å². The number of piperidine rings is 1. The molecule has 1 aliphatic rings. The fourth-order valence-corrected chi connectivity index (χ4v) is 1.93. The van der Waals surface area contributed by atoms with E-state index in [1.807, 2.05) is 0 Å². The summed E-state index contributed by atoms with van der Waals surface area (Å²) in [5.74, 6) is 0. The summed E-state index contributed by atoms with van der Waals surface area (Å²) in [5.41, 5.74) is 2.89. The van der Waals surface area contributed by atoms with Crippen LogP contribution in [0.2, 0.25) is 0 Å². The van der Waals surface area contributed by atoms with Crippen LogP contribution in [0.3, 0.4) is 0 Å². The Balaban J connectivity index is 2.56. The monoisotopic (exact) mass is 267 g/mol. The van der Waals surface area contributed by atoms with Gasteiger partial charge in [0.05, 0.1) is 0 Å². The Bertz CT molecular complexity index is 227. The lowest BCUT2D eigenvalue weighted by atomic mass is 10.2. The van der Waals surface area contributed by atoms with Crippen LogP contribution in [0.4, 0.5) is 0 Å². The molecule has 7 heteroatoms. The molecule has 0 bridgehead atoms. The molecule has 0 radical (unpaired) electrons. The summed E-state index contributed by atoms with van der Waals surface area (Å²) >= 11 is 18.0. The maximum Gasteiger partial charge on any atom is 0.169 e. The second-order valence-corrected chi connectivity index (χ2v) is 5.30. The van der Waals surface area contributed by atoms with Crippen LogP contribution >= 0.6 is 49.7 Å². The van der Waals surface area contributed by atoms with Gasteiger partial charge in [-0.05, 0) is 25.1 Å². The van der Waals surface area contributed by atoms with Gasteiger partial charge in [-0.3, -0.25) is 5.43 Å². The number of nitrogens with one attached hydrogen (secondary N) is 1. The SMILES string of the molecule is S=C(S)NN(C(=S)S)N1CCCCC1. The lowest BCUT2D eigenvalue weighted by Crippen LogP contribution is -2.54. The maximum absolute atomic E-state index is 5.01. The Labute approximate surface area is 106 Å². The first-order valence-corrected chi connectivity index (χ1v) is 6.10. The lowest BCUT2D eigenvalue weighted by Gasteiger charge is -2.37. The van der Waals surface area contributed by atoms with Gasteiger partial charge in [0.1, 0.15) is 0 Å². The molecule has 1 aliphatic heterocycles. The van der Waals surface area contributed by atoms with E-state index in [-0.39, 0.29) is 0 Å². The third-order valence-corrected chi connectivity index (χ3v) is 2.55. The summed E-state index contributed by atoms with van der Waals surface area (Å²) < 4.78 is 0.857. The predicted octanol–water partition coefficient (Wildman–Crippen LogP) is 1.62. The second-order valence-electron chi connectivity index (χ2n) is 3.03. The molecule has 1 heterocycles. The normalized spacial score (nSPS) is 17.6. The van der Waals surface area contributed by atoms with Gasteiger partial charge >= 0.3 is 0 Å². The van der Waals surface area contributed by atoms with E-state index in [4.69, 9.17) is 24.4 Å². The molecule has 1 saturated heterocycles. The summed E-state index contributed by atoms with van der Waals surface area (Å²) in [6, 6.07) is 0. The Morgan fingerprint density at radius 3 is 2.14 bits per heavy atom. The molecular weight excluding hydrogens is 254 g/mol. The Morgan fingerprint density at radius 1 is 1.14 bits per heavy atom. The van der Waals surface area contributed by atoms with Crippen LogP contribution in [0.25, 0.3) is 0 Å². The molecule has 1 N–H and O–H groups in total. The molecule has 0 amide bonds. The first-order valence-electron chi connectivity index (χ1n) is 4.39. The lowest BCUT2D eigenvalue weighted by molar-refractivity contribution is 0.0103. The van der Waals surface area contributed by atoms with Crippen molar-refractivity contribution >= 4 is 58.3 Å². The van der Waals surface area contributed by atoms with Crippen molar-refractivity contribution in [3.63, 3.8) is 0 Å². The number of thiocarbonyl (C=S) groups is 2. The van der Waals surface area contributed by atoms with E-state index in [9.17, 15) is 0 Å². The van der Waals surface area contributed by atoms with Crippen molar-refractivity contribution in [1.29, 1.82) is 0 Å². The standard InChI is InChI=1S/C7H13N3S4/c11-6(12)8-10(7(13)14)9-4-2-1-3-5-9/h1-5H2,(H,13,14)(H2,8,11,12). The van der Waals surface area contributed by atoms with Crippen LogP contribution in [0.15, 0.2) is 0 Å². The van der Waals surface area contributed by atoms with Gasteiger partial charge in [0, 0.05) is 13.1 Å². The average Bonchev–Trinajstić information content (AvgIpc) is 2.15. The summed E-state index contributed by atoms with van der Waals surface area (Å²) in [6.45, 7) is 1.95. The van der Waals surface area contributed by atoms with E-state index in [0.717, 1.165) is 13.1 Å². The number of hydrogen-bond donors (Lipinski definition) is 3. The largest absolute Gasteiger partial charge is 0.267 e. The number of rotatable bonds is 1. The van der Waals surface area contributed by atoms with Gasteiger partial charge in [-0.15, -0.1) is 25.3 Å². The van der Waals surface area contributed by atoms with Crippen LogP contribution in [0, 0.1) is 0 Å². The third-order valence-electron chi connectivity index (χ3n) is 2.00. The van der Waals surface area contributed by atoms with Gasteiger partial charge in [0.15, 0.2) is 8.64 Å². The molecule has 80 valence electrons. The smallest absolute Gasteiger partial charge is 0.169 e. The zero-order chi connectivity index (χ0) is 10.6. The molecule has 0 atom stereocenters. The minimum Gasteiger partial charge on any atom is -0.267 e. The molecule has 1 fully saturated rings. The second kappa shape index (κ2) is 6.12. The van der Waals surface area contributed by atoms with Gasteiger partial charge in [-0.2, -0.15) is 5.12 Å². The molecule has 0 saturated carbocycles. The fourth-order valence-electron chi connectivity index (χ4n) is 1.41. The van der Waals surface area contributed by atoms with Crippen LogP contribution < -0.4 is 5.43 Å². The number of thiol groups is 2. The highest BCUT2D eigenvalue weighted by molar-refractivity contribution is 8.11. The van der Waals surface area contributed by atoms with Crippen LogP contribution in [0.1, 0.15) is 19.3 Å². The zero-order valence-corrected chi connectivity index (χ0v) is 11.1. The van der Waals surface area contributed by atoms with Gasteiger partial charge in [0.2, 0.25) is 0 Å². The van der Waals surface area contributed by atoms with Crippen LogP contribution in [-0.4, -0.2) is 31.9 Å². The highest BCUT2D eigenvalue weighted by atomic mass is 32.1. The van der Waals surface area contributed by atoms with Crippen LogP contribution in [0.5, 0.6) is 0 Å². The van der Waals surface area contributed by atoms with E-state index >= 15 is 0 Å². The minimum absolute atomic E-state index is 0.395. The third kappa shape index (κ3) is 3.90. The van der Waals surface area contributed by atoms with Crippen LogP contribution in [-0.2, 0) is 0 Å². The summed E-state index contributed by atoms with van der Waals surface area (Å²) in [5, 5.41) is 3.79. The molecule has 0 aromatic rings. The van der Waals surface area contributed by atoms with E-state index in [2.05, 4.69) is 35.7 Å². The quantitative estimate of drug-likeness (QED) is 0.380. The topological polar surface area (TPSA) is 18.5 Å². The number of hydrogen-bond acceptors (Lipinski definition) is 3. The van der Waals surface area contributed by atoms with E-state index < -0.39 is 0 Å². The maximum atomic E-state index is 5.01. The molecule has 0 aromatic heterocycles. The molecule has 0 unspecified atom stereocenters. The molecule has 14 heavy (non-hydrogen) atoms. The van der Waals surface area contributed by atoms with E-state index in [1.54, 1.807) is 5.12 Å². The minimum atomic E-state index is 0.395. The Kier molecular flexibility index (Phi) is 5.47. The van der Waals surface area contributed by atoms with Crippen molar-refractivity contribution in [1.82, 2.24) is 15.6 Å². The number of nitrogens with zero attached hydrogens (tertiary/aromatic N) is 2. The van der Waals surface area contributed by atoms with Crippen molar-refractivity contribution < 1.29 is 0 Å². The molecule has 3 nitrogen and oxygen atoms in total. The predicted molar refractivity (Wildman–Crippen MR) is 73.6 cm³/mol. The van der Waals surface area contributed by atoms with E-state index in [0.29, 0.717) is 8.64 Å². The Hall–Kier alpha value is 0.440. The van der Waals surface area contributed by atoms with Gasteiger partial charge in [-0.25, -0.2) is 5.01 Å². The van der Waals surface area contributed by atoms with Gasteiger partial charge in [0.25, 0.3) is 0 Å². The molecule has 0 aromatic carbocycles. The average molecular weight is 267 g/mol. The Morgan fingerprint density at radius 2 is 1.71 bits per heavy atom. The van der Waals surface area contributed by atoms with Crippen molar-refractivity contribution in [2.75, 3.05) is 13.1 Å². The van der Waals surface area contributed by atoms with Gasteiger partial charge < -0.3 is 0 Å². The fraction of sp³-hybridized carbons (Fsp3) is 0.714. The molecule has 1 rings (SSSR count). The van der Waals surface area contributed by atoms with Crippen molar-refractivity contribution in [2.24, 2.45) is 0 Å².